The number of nitrogens with zero attached hydrogens (tertiary/aromatic N) is 1. The fraction of sp³-hybridized carbons (Fsp3) is 0.625. The Morgan fingerprint density at radius 1 is 1.32 bits per heavy atom. The highest BCUT2D eigenvalue weighted by Gasteiger charge is 2.37. The molecule has 3 N–H and O–H groups in total. The van der Waals surface area contributed by atoms with E-state index >= 15 is 0 Å². The standard InChI is InChI=1S/C16H26N2O/c1-2-10-18(16(13-17)8-3-4-9-16)12-14-6-5-7-15(19)11-14/h5-7,11,19H,2-4,8-10,12-13,17H2,1H3. The molecule has 1 saturated carbocycles. The summed E-state index contributed by atoms with van der Waals surface area (Å²) < 4.78 is 0. The molecular formula is C16H26N2O. The number of hydrogen-bond donors (Lipinski definition) is 2. The van der Waals surface area contributed by atoms with Gasteiger partial charge in [0.15, 0.2) is 0 Å². The predicted octanol–water partition coefficient (Wildman–Crippen LogP) is 2.88. The first-order valence-corrected chi connectivity index (χ1v) is 7.43. The smallest absolute Gasteiger partial charge is 0.115 e. The molecule has 3 heteroatoms. The van der Waals surface area contributed by atoms with Crippen molar-refractivity contribution >= 4 is 0 Å². The topological polar surface area (TPSA) is 49.5 Å². The zero-order valence-corrected chi connectivity index (χ0v) is 11.9. The Morgan fingerprint density at radius 3 is 2.63 bits per heavy atom. The largest absolute Gasteiger partial charge is 0.508 e. The molecule has 1 aliphatic carbocycles. The predicted molar refractivity (Wildman–Crippen MR) is 79.1 cm³/mol. The van der Waals surface area contributed by atoms with Crippen LogP contribution in [-0.2, 0) is 6.54 Å². The van der Waals surface area contributed by atoms with E-state index < -0.39 is 0 Å². The van der Waals surface area contributed by atoms with Crippen LogP contribution in [0.2, 0.25) is 0 Å². The quantitative estimate of drug-likeness (QED) is 0.829. The summed E-state index contributed by atoms with van der Waals surface area (Å²) in [6, 6.07) is 7.59. The molecule has 1 fully saturated rings. The lowest BCUT2D eigenvalue weighted by atomic mass is 9.94. The minimum Gasteiger partial charge on any atom is -0.508 e. The average Bonchev–Trinajstić information content (AvgIpc) is 2.88. The minimum absolute atomic E-state index is 0.182. The molecule has 0 aliphatic heterocycles. The summed E-state index contributed by atoms with van der Waals surface area (Å²) in [6.07, 6.45) is 6.14. The molecule has 0 radical (unpaired) electrons. The van der Waals surface area contributed by atoms with Crippen LogP contribution >= 0.6 is 0 Å². The Balaban J connectivity index is 2.15. The number of aromatic hydroxyl groups is 1. The van der Waals surface area contributed by atoms with Crippen LogP contribution in [0.25, 0.3) is 0 Å². The molecule has 2 rings (SSSR count). The van der Waals surface area contributed by atoms with E-state index in [0.29, 0.717) is 5.75 Å². The Morgan fingerprint density at radius 2 is 2.05 bits per heavy atom. The van der Waals surface area contributed by atoms with Crippen LogP contribution in [0.3, 0.4) is 0 Å². The van der Waals surface area contributed by atoms with Crippen molar-refractivity contribution in [3.05, 3.63) is 29.8 Å². The van der Waals surface area contributed by atoms with E-state index in [1.54, 1.807) is 6.07 Å². The van der Waals surface area contributed by atoms with Gasteiger partial charge in [0.05, 0.1) is 0 Å². The highest BCUT2D eigenvalue weighted by Crippen LogP contribution is 2.35. The van der Waals surface area contributed by atoms with Gasteiger partial charge in [-0.1, -0.05) is 31.9 Å². The van der Waals surface area contributed by atoms with Gasteiger partial charge >= 0.3 is 0 Å². The first-order chi connectivity index (χ1) is 9.20. The summed E-state index contributed by atoms with van der Waals surface area (Å²) in [5.74, 6) is 0.349. The number of hydrogen-bond acceptors (Lipinski definition) is 3. The second kappa shape index (κ2) is 6.40. The Hall–Kier alpha value is -1.06. The number of rotatable bonds is 6. The molecular weight excluding hydrogens is 236 g/mol. The first-order valence-electron chi connectivity index (χ1n) is 7.43. The molecule has 1 aliphatic rings. The second-order valence-electron chi connectivity index (χ2n) is 5.73. The minimum atomic E-state index is 0.182. The fourth-order valence-electron chi connectivity index (χ4n) is 3.31. The van der Waals surface area contributed by atoms with Gasteiger partial charge in [-0.25, -0.2) is 0 Å². The molecule has 0 bridgehead atoms. The molecule has 0 heterocycles. The van der Waals surface area contributed by atoms with Crippen molar-refractivity contribution in [1.29, 1.82) is 0 Å². The van der Waals surface area contributed by atoms with Gasteiger partial charge in [-0.15, -0.1) is 0 Å². The van der Waals surface area contributed by atoms with Gasteiger partial charge in [-0.05, 0) is 43.5 Å². The summed E-state index contributed by atoms with van der Waals surface area (Å²) >= 11 is 0. The summed E-state index contributed by atoms with van der Waals surface area (Å²) in [5, 5.41) is 9.60. The van der Waals surface area contributed by atoms with Crippen molar-refractivity contribution in [3.63, 3.8) is 0 Å². The molecule has 0 amide bonds. The van der Waals surface area contributed by atoms with Gasteiger partial charge in [0, 0.05) is 18.6 Å². The maximum atomic E-state index is 9.60. The maximum absolute atomic E-state index is 9.60. The van der Waals surface area contributed by atoms with Crippen LogP contribution in [0, 0.1) is 0 Å². The molecule has 1 aromatic rings. The Labute approximate surface area is 116 Å². The molecule has 0 saturated heterocycles. The van der Waals surface area contributed by atoms with Crippen molar-refractivity contribution in [2.75, 3.05) is 13.1 Å². The normalized spacial score (nSPS) is 18.1. The van der Waals surface area contributed by atoms with Crippen molar-refractivity contribution in [1.82, 2.24) is 4.90 Å². The average molecular weight is 262 g/mol. The van der Waals surface area contributed by atoms with Crippen LogP contribution in [-0.4, -0.2) is 28.6 Å². The lowest BCUT2D eigenvalue weighted by Crippen LogP contribution is -2.51. The fourth-order valence-corrected chi connectivity index (χ4v) is 3.31. The van der Waals surface area contributed by atoms with E-state index in [4.69, 9.17) is 5.73 Å². The molecule has 3 nitrogen and oxygen atoms in total. The highest BCUT2D eigenvalue weighted by atomic mass is 16.3. The van der Waals surface area contributed by atoms with E-state index in [9.17, 15) is 5.11 Å². The van der Waals surface area contributed by atoms with Crippen molar-refractivity contribution in [2.45, 2.75) is 51.1 Å². The summed E-state index contributed by atoms with van der Waals surface area (Å²) in [5.41, 5.74) is 7.45. The molecule has 0 spiro atoms. The summed E-state index contributed by atoms with van der Waals surface area (Å²) in [4.78, 5) is 2.54. The van der Waals surface area contributed by atoms with E-state index in [-0.39, 0.29) is 5.54 Å². The van der Waals surface area contributed by atoms with E-state index in [0.717, 1.165) is 26.1 Å². The molecule has 19 heavy (non-hydrogen) atoms. The number of phenols is 1. The summed E-state index contributed by atoms with van der Waals surface area (Å²) in [6.45, 7) is 4.92. The van der Waals surface area contributed by atoms with Gasteiger partial charge in [0.1, 0.15) is 5.75 Å². The van der Waals surface area contributed by atoms with Gasteiger partial charge in [-0.2, -0.15) is 0 Å². The number of phenolic OH excluding ortho intramolecular Hbond substituents is 1. The van der Waals surface area contributed by atoms with Crippen LogP contribution in [0.4, 0.5) is 0 Å². The first kappa shape index (κ1) is 14.4. The van der Waals surface area contributed by atoms with Crippen molar-refractivity contribution in [3.8, 4) is 5.75 Å². The third-order valence-electron chi connectivity index (χ3n) is 4.36. The van der Waals surface area contributed by atoms with Gasteiger partial charge < -0.3 is 10.8 Å². The van der Waals surface area contributed by atoms with Gasteiger partial charge in [0.2, 0.25) is 0 Å². The molecule has 0 unspecified atom stereocenters. The molecule has 106 valence electrons. The zero-order chi connectivity index (χ0) is 13.7. The highest BCUT2D eigenvalue weighted by molar-refractivity contribution is 5.27. The van der Waals surface area contributed by atoms with Crippen LogP contribution in [0.15, 0.2) is 24.3 Å². The maximum Gasteiger partial charge on any atom is 0.115 e. The molecule has 0 atom stereocenters. The lowest BCUT2D eigenvalue weighted by molar-refractivity contribution is 0.0903. The number of nitrogens with two attached hydrogens (primary N) is 1. The monoisotopic (exact) mass is 262 g/mol. The Bertz CT molecular complexity index is 399. The number of benzene rings is 1. The van der Waals surface area contributed by atoms with E-state index in [2.05, 4.69) is 17.9 Å². The van der Waals surface area contributed by atoms with Crippen molar-refractivity contribution in [2.24, 2.45) is 5.73 Å². The summed E-state index contributed by atoms with van der Waals surface area (Å²) in [7, 11) is 0. The zero-order valence-electron chi connectivity index (χ0n) is 11.9. The van der Waals surface area contributed by atoms with E-state index in [1.165, 1.54) is 31.2 Å². The molecule has 0 aromatic heterocycles. The van der Waals surface area contributed by atoms with Crippen LogP contribution < -0.4 is 5.73 Å². The van der Waals surface area contributed by atoms with Gasteiger partial charge in [0.25, 0.3) is 0 Å². The lowest BCUT2D eigenvalue weighted by Gasteiger charge is -2.41. The van der Waals surface area contributed by atoms with Crippen LogP contribution in [0.1, 0.15) is 44.6 Å². The third-order valence-corrected chi connectivity index (χ3v) is 4.36. The second-order valence-corrected chi connectivity index (χ2v) is 5.73. The van der Waals surface area contributed by atoms with Gasteiger partial charge in [-0.3, -0.25) is 4.90 Å². The van der Waals surface area contributed by atoms with Crippen molar-refractivity contribution < 1.29 is 5.11 Å². The Kier molecular flexibility index (Phi) is 4.83. The SMILES string of the molecule is CCCN(Cc1cccc(O)c1)C1(CN)CCCC1. The third kappa shape index (κ3) is 3.28. The van der Waals surface area contributed by atoms with E-state index in [1.807, 2.05) is 12.1 Å². The van der Waals surface area contributed by atoms with Crippen LogP contribution in [0.5, 0.6) is 5.75 Å². The molecule has 1 aromatic carbocycles.